The van der Waals surface area contributed by atoms with Crippen LogP contribution < -0.4 is 11.1 Å². The summed E-state index contributed by atoms with van der Waals surface area (Å²) < 4.78 is 40.7. The Morgan fingerprint density at radius 3 is 2.26 bits per heavy atom. The van der Waals surface area contributed by atoms with Crippen LogP contribution in [-0.2, 0) is 0 Å². The van der Waals surface area contributed by atoms with Gasteiger partial charge in [0.1, 0.15) is 29.1 Å². The third kappa shape index (κ3) is 3.85. The summed E-state index contributed by atoms with van der Waals surface area (Å²) in [6.45, 7) is 0. The summed E-state index contributed by atoms with van der Waals surface area (Å²) in [7, 11) is 0. The number of anilines is 3. The third-order valence-corrected chi connectivity index (χ3v) is 3.47. The Kier molecular flexibility index (Phi) is 4.72. The van der Waals surface area contributed by atoms with Gasteiger partial charge in [-0.3, -0.25) is 4.79 Å². The first kappa shape index (κ1) is 17.9. The lowest BCUT2D eigenvalue weighted by molar-refractivity contribution is 0.102. The highest BCUT2D eigenvalue weighted by molar-refractivity contribution is 6.07. The smallest absolute Gasteiger partial charge is 0.236 e. The minimum Gasteiger partial charge on any atom is -0.384 e. The van der Waals surface area contributed by atoms with E-state index >= 15 is 0 Å². The molecule has 1 aromatic heterocycles. The van der Waals surface area contributed by atoms with E-state index in [4.69, 9.17) is 11.0 Å². The zero-order valence-corrected chi connectivity index (χ0v) is 13.5. The Morgan fingerprint density at radius 2 is 1.67 bits per heavy atom. The number of nitrogens with zero attached hydrogens (tertiary/aromatic N) is 3. The number of nitrogen functional groups attached to an aromatic ring is 1. The van der Waals surface area contributed by atoms with Crippen LogP contribution >= 0.6 is 0 Å². The summed E-state index contributed by atoms with van der Waals surface area (Å²) in [5, 5.41) is 11.6. The van der Waals surface area contributed by atoms with Gasteiger partial charge in [0.15, 0.2) is 0 Å². The molecule has 0 saturated heterocycles. The summed E-state index contributed by atoms with van der Waals surface area (Å²) in [6.07, 6.45) is 0. The van der Waals surface area contributed by atoms with E-state index in [1.807, 2.05) is 6.07 Å². The first-order valence-electron chi connectivity index (χ1n) is 7.48. The molecular weight excluding hydrogens is 359 g/mol. The lowest BCUT2D eigenvalue weighted by Crippen LogP contribution is -2.14. The van der Waals surface area contributed by atoms with Crippen LogP contribution in [0.1, 0.15) is 21.7 Å². The van der Waals surface area contributed by atoms with Gasteiger partial charge in [-0.25, -0.2) is 23.1 Å². The van der Waals surface area contributed by atoms with Crippen LogP contribution in [-0.4, -0.2) is 15.8 Å². The highest BCUT2D eigenvalue weighted by Gasteiger charge is 2.23. The second kappa shape index (κ2) is 7.13. The molecule has 0 fully saturated rings. The van der Waals surface area contributed by atoms with E-state index < -0.39 is 34.6 Å². The Balaban J connectivity index is 1.95. The van der Waals surface area contributed by atoms with Gasteiger partial charge in [-0.15, -0.1) is 0 Å². The second-order valence-electron chi connectivity index (χ2n) is 5.39. The van der Waals surface area contributed by atoms with Gasteiger partial charge in [0, 0.05) is 23.9 Å². The number of hydrogen-bond acceptors (Lipinski definition) is 6. The lowest BCUT2D eigenvalue weighted by Gasteiger charge is -2.09. The Bertz CT molecular complexity index is 1050. The zero-order chi connectivity index (χ0) is 19.6. The summed E-state index contributed by atoms with van der Waals surface area (Å²) in [5.74, 6) is -5.66. The third-order valence-electron chi connectivity index (χ3n) is 3.47. The molecule has 3 rings (SSSR count). The quantitative estimate of drug-likeness (QED) is 0.684. The van der Waals surface area contributed by atoms with Gasteiger partial charge in [-0.05, 0) is 24.3 Å². The predicted octanol–water partition coefficient (Wildman–Crippen LogP) is 3.32. The molecule has 0 amide bonds. The number of nitrogens with two attached hydrogens (primary N) is 1. The zero-order valence-electron chi connectivity index (χ0n) is 13.5. The van der Waals surface area contributed by atoms with Crippen molar-refractivity contribution in [1.82, 2.24) is 9.97 Å². The van der Waals surface area contributed by atoms with Crippen LogP contribution in [0.25, 0.3) is 0 Å². The molecule has 3 N–H and O–H groups in total. The normalized spacial score (nSPS) is 10.3. The minimum atomic E-state index is -1.37. The molecule has 134 valence electrons. The number of hydrogen-bond donors (Lipinski definition) is 2. The molecule has 0 unspecified atom stereocenters. The number of aromatic nitrogens is 2. The highest BCUT2D eigenvalue weighted by Crippen LogP contribution is 2.21. The van der Waals surface area contributed by atoms with E-state index in [0.717, 1.165) is 0 Å². The minimum absolute atomic E-state index is 0.0958. The maximum absolute atomic E-state index is 13.8. The molecule has 0 aliphatic heterocycles. The van der Waals surface area contributed by atoms with Crippen LogP contribution in [0.2, 0.25) is 0 Å². The molecule has 0 aliphatic rings. The van der Waals surface area contributed by atoms with Gasteiger partial charge < -0.3 is 11.1 Å². The number of carbonyl (C=O) groups is 1. The molecule has 0 atom stereocenters. The number of carbonyl (C=O) groups excluding carboxylic acids is 1. The van der Waals surface area contributed by atoms with Gasteiger partial charge in [0.2, 0.25) is 11.6 Å². The molecule has 0 radical (unpaired) electrons. The van der Waals surface area contributed by atoms with E-state index in [9.17, 15) is 18.0 Å². The summed E-state index contributed by atoms with van der Waals surface area (Å²) in [6, 6.07) is 10.4. The lowest BCUT2D eigenvalue weighted by atomic mass is 10.1. The molecule has 6 nitrogen and oxygen atoms in total. The number of rotatable bonds is 4. The molecule has 2 aromatic carbocycles. The van der Waals surface area contributed by atoms with E-state index in [0.29, 0.717) is 23.4 Å². The van der Waals surface area contributed by atoms with Crippen molar-refractivity contribution in [2.75, 3.05) is 11.1 Å². The van der Waals surface area contributed by atoms with E-state index in [1.165, 1.54) is 6.07 Å². The molecule has 0 spiro atoms. The maximum atomic E-state index is 13.8. The van der Waals surface area contributed by atoms with Gasteiger partial charge in [0.05, 0.1) is 17.2 Å². The standard InChI is InChI=1S/C18H10F3N5O/c19-10-5-12(20)16(13(21)6-10)17(27)18-25-14(23)7-15(26-18)24-11-3-1-9(8-22)2-4-11/h1-7H,(H3,23,24,25,26). The number of benzene rings is 2. The van der Waals surface area contributed by atoms with Gasteiger partial charge in [0.25, 0.3) is 0 Å². The number of ketones is 1. The van der Waals surface area contributed by atoms with Crippen LogP contribution in [0.5, 0.6) is 0 Å². The van der Waals surface area contributed by atoms with Crippen molar-refractivity contribution in [2.24, 2.45) is 0 Å². The van der Waals surface area contributed by atoms with Gasteiger partial charge in [-0.1, -0.05) is 0 Å². The monoisotopic (exact) mass is 369 g/mol. The molecule has 27 heavy (non-hydrogen) atoms. The SMILES string of the molecule is N#Cc1ccc(Nc2cc(N)nc(C(=O)c3c(F)cc(F)cc3F)n2)cc1. The van der Waals surface area contributed by atoms with Crippen LogP contribution in [0.4, 0.5) is 30.5 Å². The average molecular weight is 369 g/mol. The largest absolute Gasteiger partial charge is 0.384 e. The molecule has 3 aromatic rings. The predicted molar refractivity (Wildman–Crippen MR) is 90.6 cm³/mol. The first-order chi connectivity index (χ1) is 12.9. The number of halogens is 3. The van der Waals surface area contributed by atoms with Gasteiger partial charge >= 0.3 is 0 Å². The number of nitrogens with one attached hydrogen (secondary N) is 1. The van der Waals surface area contributed by atoms with Crippen molar-refractivity contribution < 1.29 is 18.0 Å². The van der Waals surface area contributed by atoms with Crippen molar-refractivity contribution in [3.63, 3.8) is 0 Å². The maximum Gasteiger partial charge on any atom is 0.236 e. The fourth-order valence-corrected chi connectivity index (χ4v) is 2.28. The van der Waals surface area contributed by atoms with Crippen molar-refractivity contribution in [2.45, 2.75) is 0 Å². The van der Waals surface area contributed by atoms with Crippen molar-refractivity contribution >= 4 is 23.1 Å². The molecular formula is C18H10F3N5O. The highest BCUT2D eigenvalue weighted by atomic mass is 19.1. The van der Waals surface area contributed by atoms with Gasteiger partial charge in [-0.2, -0.15) is 5.26 Å². The fraction of sp³-hybridized carbons (Fsp3) is 0. The van der Waals surface area contributed by atoms with E-state index in [1.54, 1.807) is 24.3 Å². The summed E-state index contributed by atoms with van der Waals surface area (Å²) in [5.41, 5.74) is 5.64. The molecule has 0 bridgehead atoms. The Hall–Kier alpha value is -3.93. The fourth-order valence-electron chi connectivity index (χ4n) is 2.28. The van der Waals surface area contributed by atoms with Crippen molar-refractivity contribution in [1.29, 1.82) is 5.26 Å². The van der Waals surface area contributed by atoms with E-state index in [2.05, 4.69) is 15.3 Å². The van der Waals surface area contributed by atoms with Crippen molar-refractivity contribution in [3.8, 4) is 6.07 Å². The topological polar surface area (TPSA) is 105 Å². The summed E-state index contributed by atoms with van der Waals surface area (Å²) >= 11 is 0. The summed E-state index contributed by atoms with van der Waals surface area (Å²) in [4.78, 5) is 20.0. The first-order valence-corrected chi connectivity index (χ1v) is 7.48. The Morgan fingerprint density at radius 1 is 1.04 bits per heavy atom. The number of nitriles is 1. The molecule has 0 saturated carbocycles. The molecule has 9 heteroatoms. The molecule has 0 aliphatic carbocycles. The van der Waals surface area contributed by atoms with Crippen LogP contribution in [0.3, 0.4) is 0 Å². The Labute approximate surface area is 151 Å². The van der Waals surface area contributed by atoms with Crippen LogP contribution in [0.15, 0.2) is 42.5 Å². The molecule has 1 heterocycles. The van der Waals surface area contributed by atoms with E-state index in [-0.39, 0.29) is 11.6 Å². The van der Waals surface area contributed by atoms with Crippen LogP contribution in [0, 0.1) is 28.8 Å². The second-order valence-corrected chi connectivity index (χ2v) is 5.39. The average Bonchev–Trinajstić information content (AvgIpc) is 2.61. The van der Waals surface area contributed by atoms with Crippen molar-refractivity contribution in [3.05, 3.63) is 76.9 Å².